The second-order valence-corrected chi connectivity index (χ2v) is 3.40. The van der Waals surface area contributed by atoms with Crippen molar-refractivity contribution in [3.8, 4) is 11.1 Å². The number of rotatable bonds is 0. The third-order valence-electron chi connectivity index (χ3n) is 2.62. The molecule has 17 heavy (non-hydrogen) atoms. The van der Waals surface area contributed by atoms with Gasteiger partial charge in [0.1, 0.15) is 0 Å². The van der Waals surface area contributed by atoms with E-state index in [1.165, 1.54) is 22.3 Å². The van der Waals surface area contributed by atoms with Crippen LogP contribution in [0.5, 0.6) is 0 Å². The van der Waals surface area contributed by atoms with Crippen LogP contribution in [0.25, 0.3) is 11.1 Å². The van der Waals surface area contributed by atoms with E-state index in [9.17, 15) is 0 Å². The van der Waals surface area contributed by atoms with E-state index in [1.807, 2.05) is 6.07 Å². The van der Waals surface area contributed by atoms with Gasteiger partial charge in [0.25, 0.3) is 0 Å². The Balaban J connectivity index is 0. The molecule has 2 aromatic rings. The molecule has 0 heterocycles. The minimum absolute atomic E-state index is 0. The third kappa shape index (κ3) is 3.43. The Morgan fingerprint density at radius 2 is 1.47 bits per heavy atom. The van der Waals surface area contributed by atoms with Crippen molar-refractivity contribution < 1.29 is 55.8 Å². The van der Waals surface area contributed by atoms with Crippen molar-refractivity contribution in [2.45, 2.75) is 6.42 Å². The molecule has 0 nitrogen and oxygen atoms in total. The van der Waals surface area contributed by atoms with Crippen LogP contribution in [0.3, 0.4) is 0 Å². The molecule has 0 bridgehead atoms. The van der Waals surface area contributed by atoms with Crippen LogP contribution in [0.2, 0.25) is 0 Å². The van der Waals surface area contributed by atoms with Gasteiger partial charge in [-0.15, -0.1) is 5.56 Å². The summed E-state index contributed by atoms with van der Waals surface area (Å²) in [6, 6.07) is 18.1. The molecule has 0 N–H and O–H groups in total. The minimum atomic E-state index is 0. The summed E-state index contributed by atoms with van der Waals surface area (Å²) in [5.74, 6) is 0. The molecule has 3 rings (SSSR count). The number of fused-ring (bicyclic) bond motifs is 3. The minimum Gasteiger partial charge on any atom is -1.00 e. The summed E-state index contributed by atoms with van der Waals surface area (Å²) in [6.45, 7) is 0. The summed E-state index contributed by atoms with van der Waals surface area (Å²) >= 11 is 0. The summed E-state index contributed by atoms with van der Waals surface area (Å²) in [5.41, 5.74) is 5.51. The molecule has 0 fully saturated rings. The van der Waals surface area contributed by atoms with E-state index < -0.39 is 0 Å². The van der Waals surface area contributed by atoms with Gasteiger partial charge in [-0.05, 0) is 6.42 Å². The molecule has 0 unspecified atom stereocenters. The van der Waals surface area contributed by atoms with E-state index >= 15 is 0 Å². The molecule has 1 aliphatic rings. The Hall–Kier alpha value is -0.106. The second-order valence-electron chi connectivity index (χ2n) is 3.40. The molecule has 1 aliphatic carbocycles. The van der Waals surface area contributed by atoms with Crippen LogP contribution >= 0.6 is 0 Å². The summed E-state index contributed by atoms with van der Waals surface area (Å²) in [4.78, 5) is 0. The van der Waals surface area contributed by atoms with E-state index in [0.29, 0.717) is 0 Å². The largest absolute Gasteiger partial charge is 4.00 e. The molecular weight excluding hydrogens is 313 g/mol. The average molecular weight is 323 g/mol. The fourth-order valence-corrected chi connectivity index (χ4v) is 2.00. The van der Waals surface area contributed by atoms with Gasteiger partial charge in [0.15, 0.2) is 0 Å². The predicted molar refractivity (Wildman–Crippen MR) is 53.5 cm³/mol. The molecule has 0 spiro atoms. The van der Waals surface area contributed by atoms with Gasteiger partial charge in [0, 0.05) is 0 Å². The molecule has 0 saturated carbocycles. The van der Waals surface area contributed by atoms with Crippen molar-refractivity contribution >= 4 is 0 Å². The molecule has 87 valence electrons. The number of halogens is 3. The zero-order valence-electron chi connectivity index (χ0n) is 8.83. The quantitative estimate of drug-likeness (QED) is 0.362. The first-order valence-corrected chi connectivity index (χ1v) is 4.53. The van der Waals surface area contributed by atoms with Crippen LogP contribution in [-0.4, -0.2) is 0 Å². The molecular formula is C13H9Cl3V. The summed E-state index contributed by atoms with van der Waals surface area (Å²) in [6.07, 6.45) is 1.05. The van der Waals surface area contributed by atoms with Crippen molar-refractivity contribution in [2.75, 3.05) is 0 Å². The van der Waals surface area contributed by atoms with Crippen LogP contribution in [0, 0.1) is 6.07 Å². The number of hydrogen-bond donors (Lipinski definition) is 0. The standard InChI is InChI=1S/C13H9.3ClH.V/c1-3-7-12-10(5-1)9-11-6-2-4-8-13(11)12;;;;/h1-5,7-8H,9H2;3*1H;/q-1;;;;+4/p-3. The maximum absolute atomic E-state index is 3.30. The fourth-order valence-electron chi connectivity index (χ4n) is 2.00. The van der Waals surface area contributed by atoms with Gasteiger partial charge in [-0.3, -0.25) is 0 Å². The molecule has 0 saturated heterocycles. The molecule has 2 aromatic carbocycles. The summed E-state index contributed by atoms with van der Waals surface area (Å²) < 4.78 is 0. The number of hydrogen-bond acceptors (Lipinski definition) is 0. The normalized spacial score (nSPS) is 9.41. The summed E-state index contributed by atoms with van der Waals surface area (Å²) in [5, 5.41) is 0. The van der Waals surface area contributed by atoms with Crippen LogP contribution in [0.15, 0.2) is 42.5 Å². The van der Waals surface area contributed by atoms with E-state index in [-0.39, 0.29) is 55.8 Å². The Morgan fingerprint density at radius 1 is 0.824 bits per heavy atom. The maximum Gasteiger partial charge on any atom is 4.00 e. The van der Waals surface area contributed by atoms with Crippen molar-refractivity contribution in [2.24, 2.45) is 0 Å². The fraction of sp³-hybridized carbons (Fsp3) is 0.0769. The average Bonchev–Trinajstić information content (AvgIpc) is 2.56. The van der Waals surface area contributed by atoms with Gasteiger partial charge in [0.05, 0.1) is 0 Å². The third-order valence-corrected chi connectivity index (χ3v) is 2.62. The van der Waals surface area contributed by atoms with Gasteiger partial charge in [-0.1, -0.05) is 35.4 Å². The van der Waals surface area contributed by atoms with E-state index in [0.717, 1.165) is 6.42 Å². The summed E-state index contributed by atoms with van der Waals surface area (Å²) in [7, 11) is 0. The zero-order chi connectivity index (χ0) is 8.67. The molecule has 1 radical (unpaired) electrons. The van der Waals surface area contributed by atoms with Crippen molar-refractivity contribution in [3.63, 3.8) is 0 Å². The topological polar surface area (TPSA) is 0 Å². The zero-order valence-corrected chi connectivity index (χ0v) is 12.5. The van der Waals surface area contributed by atoms with E-state index in [2.05, 4.69) is 42.5 Å². The first-order valence-electron chi connectivity index (χ1n) is 4.53. The monoisotopic (exact) mass is 321 g/mol. The first kappa shape index (κ1) is 19.2. The molecule has 4 heteroatoms. The Bertz CT molecular complexity index is 428. The van der Waals surface area contributed by atoms with Crippen molar-refractivity contribution in [1.29, 1.82) is 0 Å². The molecule has 0 aromatic heterocycles. The Kier molecular flexibility index (Phi) is 9.14. The molecule has 0 aliphatic heterocycles. The maximum atomic E-state index is 3.30. The molecule has 0 amide bonds. The van der Waals surface area contributed by atoms with Crippen LogP contribution in [0.4, 0.5) is 0 Å². The van der Waals surface area contributed by atoms with E-state index in [1.54, 1.807) is 0 Å². The molecule has 0 atom stereocenters. The van der Waals surface area contributed by atoms with Gasteiger partial charge in [-0.2, -0.15) is 29.8 Å². The van der Waals surface area contributed by atoms with Crippen LogP contribution < -0.4 is 37.2 Å². The van der Waals surface area contributed by atoms with Gasteiger partial charge >= 0.3 is 18.6 Å². The van der Waals surface area contributed by atoms with Crippen molar-refractivity contribution in [1.82, 2.24) is 0 Å². The van der Waals surface area contributed by atoms with Crippen LogP contribution in [0.1, 0.15) is 11.1 Å². The van der Waals surface area contributed by atoms with Crippen LogP contribution in [-0.2, 0) is 25.0 Å². The first-order chi connectivity index (χ1) is 6.45. The Labute approximate surface area is 132 Å². The number of benzene rings is 2. The van der Waals surface area contributed by atoms with Gasteiger partial charge in [0.2, 0.25) is 0 Å². The van der Waals surface area contributed by atoms with Gasteiger partial charge < -0.3 is 37.2 Å². The smallest absolute Gasteiger partial charge is 1.00 e. The van der Waals surface area contributed by atoms with Crippen molar-refractivity contribution in [3.05, 3.63) is 59.7 Å². The predicted octanol–water partition coefficient (Wildman–Crippen LogP) is -5.93. The Morgan fingerprint density at radius 3 is 2.24 bits per heavy atom. The SMILES string of the molecule is [Cl-].[Cl-].[Cl-].[V+4].[c-]1cccc2c1Cc1ccccc1-2. The van der Waals surface area contributed by atoms with E-state index in [4.69, 9.17) is 0 Å². The second kappa shape index (κ2) is 8.08. The van der Waals surface area contributed by atoms with Gasteiger partial charge in [-0.25, -0.2) is 0 Å².